The van der Waals surface area contributed by atoms with E-state index in [4.69, 9.17) is 0 Å². The third-order valence-electron chi connectivity index (χ3n) is 2.89. The lowest BCUT2D eigenvalue weighted by Gasteiger charge is -2.43. The maximum Gasteiger partial charge on any atom is 0.146 e. The summed E-state index contributed by atoms with van der Waals surface area (Å²) in [7, 11) is 0. The van der Waals surface area contributed by atoms with Crippen LogP contribution in [0.25, 0.3) is 0 Å². The predicted molar refractivity (Wildman–Crippen MR) is 53.7 cm³/mol. The van der Waals surface area contributed by atoms with Crippen molar-refractivity contribution in [2.75, 3.05) is 5.32 Å². The van der Waals surface area contributed by atoms with Gasteiger partial charge in [0.25, 0.3) is 0 Å². The first-order valence-corrected chi connectivity index (χ1v) is 4.83. The van der Waals surface area contributed by atoms with Crippen molar-refractivity contribution in [2.45, 2.75) is 31.4 Å². The van der Waals surface area contributed by atoms with Gasteiger partial charge in [0.05, 0.1) is 17.3 Å². The van der Waals surface area contributed by atoms with Crippen LogP contribution in [-0.4, -0.2) is 16.7 Å². The summed E-state index contributed by atoms with van der Waals surface area (Å²) < 4.78 is 13.2. The maximum atomic E-state index is 13.2. The van der Waals surface area contributed by atoms with E-state index in [1.54, 1.807) is 25.1 Å². The Bertz CT molecular complexity index is 338. The van der Waals surface area contributed by atoms with Gasteiger partial charge in [-0.2, -0.15) is 0 Å². The molecular weight excluding hydrogens is 181 g/mol. The number of aliphatic hydroxyl groups is 1. The van der Waals surface area contributed by atoms with Crippen LogP contribution in [0.15, 0.2) is 24.3 Å². The second-order valence-electron chi connectivity index (χ2n) is 4.07. The van der Waals surface area contributed by atoms with E-state index in [9.17, 15) is 9.50 Å². The molecule has 2 rings (SSSR count). The minimum Gasteiger partial charge on any atom is -0.388 e. The minimum absolute atomic E-state index is 0.0283. The summed E-state index contributed by atoms with van der Waals surface area (Å²) >= 11 is 0. The van der Waals surface area contributed by atoms with E-state index in [0.717, 1.165) is 12.8 Å². The summed E-state index contributed by atoms with van der Waals surface area (Å²) in [6.45, 7) is 1.77. The molecule has 2 N–H and O–H groups in total. The van der Waals surface area contributed by atoms with Gasteiger partial charge >= 0.3 is 0 Å². The standard InChI is InChI=1S/C11H14FNO/c1-11(14)7-6-10(11)13-9-5-3-2-4-8(9)12/h2-5,10,13-14H,6-7H2,1H3/t10-,11-/m0/s1. The lowest BCUT2D eigenvalue weighted by molar-refractivity contribution is -0.0286. The molecule has 1 saturated carbocycles. The second kappa shape index (κ2) is 3.24. The van der Waals surface area contributed by atoms with E-state index >= 15 is 0 Å². The van der Waals surface area contributed by atoms with Gasteiger partial charge < -0.3 is 10.4 Å². The third kappa shape index (κ3) is 1.60. The van der Waals surface area contributed by atoms with Crippen molar-refractivity contribution in [3.05, 3.63) is 30.1 Å². The smallest absolute Gasteiger partial charge is 0.146 e. The van der Waals surface area contributed by atoms with Crippen molar-refractivity contribution in [2.24, 2.45) is 0 Å². The van der Waals surface area contributed by atoms with Gasteiger partial charge in [-0.15, -0.1) is 0 Å². The van der Waals surface area contributed by atoms with Crippen molar-refractivity contribution in [1.29, 1.82) is 0 Å². The number of nitrogens with one attached hydrogen (secondary N) is 1. The normalized spacial score (nSPS) is 30.9. The highest BCUT2D eigenvalue weighted by Gasteiger charge is 2.40. The van der Waals surface area contributed by atoms with Crippen molar-refractivity contribution in [1.82, 2.24) is 0 Å². The highest BCUT2D eigenvalue weighted by molar-refractivity contribution is 5.46. The third-order valence-corrected chi connectivity index (χ3v) is 2.89. The van der Waals surface area contributed by atoms with Crippen LogP contribution in [0.3, 0.4) is 0 Å². The fourth-order valence-electron chi connectivity index (χ4n) is 1.70. The van der Waals surface area contributed by atoms with Gasteiger partial charge in [-0.3, -0.25) is 0 Å². The summed E-state index contributed by atoms with van der Waals surface area (Å²) in [6.07, 6.45) is 1.67. The molecule has 3 heteroatoms. The average Bonchev–Trinajstić information content (AvgIpc) is 2.15. The van der Waals surface area contributed by atoms with Crippen LogP contribution in [-0.2, 0) is 0 Å². The lowest BCUT2D eigenvalue weighted by atomic mass is 9.76. The van der Waals surface area contributed by atoms with Gasteiger partial charge in [-0.1, -0.05) is 12.1 Å². The molecule has 2 nitrogen and oxygen atoms in total. The molecule has 1 aliphatic rings. The van der Waals surface area contributed by atoms with Gasteiger partial charge in [0.2, 0.25) is 0 Å². The molecule has 0 saturated heterocycles. The Morgan fingerprint density at radius 2 is 2.21 bits per heavy atom. The zero-order valence-corrected chi connectivity index (χ0v) is 8.13. The molecule has 0 bridgehead atoms. The largest absolute Gasteiger partial charge is 0.388 e. The molecule has 1 aromatic carbocycles. The molecule has 1 aromatic rings. The first kappa shape index (κ1) is 9.46. The molecule has 0 heterocycles. The van der Waals surface area contributed by atoms with E-state index in [2.05, 4.69) is 5.32 Å². The molecule has 0 aromatic heterocycles. The monoisotopic (exact) mass is 195 g/mol. The van der Waals surface area contributed by atoms with Crippen molar-refractivity contribution < 1.29 is 9.50 Å². The summed E-state index contributed by atoms with van der Waals surface area (Å²) in [5.74, 6) is -0.268. The van der Waals surface area contributed by atoms with Gasteiger partial charge in [0.15, 0.2) is 0 Å². The fraction of sp³-hybridized carbons (Fsp3) is 0.455. The number of rotatable bonds is 2. The Kier molecular flexibility index (Phi) is 2.19. The Morgan fingerprint density at radius 3 is 2.71 bits per heavy atom. The van der Waals surface area contributed by atoms with Gasteiger partial charge in [-0.25, -0.2) is 4.39 Å². The zero-order chi connectivity index (χ0) is 10.2. The van der Waals surface area contributed by atoms with Gasteiger partial charge in [0, 0.05) is 0 Å². The number of halogens is 1. The Hall–Kier alpha value is -1.09. The summed E-state index contributed by atoms with van der Waals surface area (Å²) in [5, 5.41) is 12.8. The molecule has 76 valence electrons. The number of hydrogen-bond acceptors (Lipinski definition) is 2. The van der Waals surface area contributed by atoms with Crippen molar-refractivity contribution in [3.8, 4) is 0 Å². The number of hydrogen-bond donors (Lipinski definition) is 2. The highest BCUT2D eigenvalue weighted by Crippen LogP contribution is 2.34. The average molecular weight is 195 g/mol. The molecule has 0 unspecified atom stereocenters. The van der Waals surface area contributed by atoms with Crippen molar-refractivity contribution in [3.63, 3.8) is 0 Å². The molecule has 0 spiro atoms. The van der Waals surface area contributed by atoms with Crippen LogP contribution >= 0.6 is 0 Å². The number of para-hydroxylation sites is 1. The topological polar surface area (TPSA) is 32.3 Å². The van der Waals surface area contributed by atoms with Crippen LogP contribution in [0.1, 0.15) is 19.8 Å². The molecule has 14 heavy (non-hydrogen) atoms. The SMILES string of the molecule is C[C@]1(O)CC[C@@H]1Nc1ccccc1F. The summed E-state index contributed by atoms with van der Waals surface area (Å²) in [6, 6.07) is 6.50. The number of anilines is 1. The molecule has 0 amide bonds. The van der Waals surface area contributed by atoms with Crippen LogP contribution in [0, 0.1) is 5.82 Å². The van der Waals surface area contributed by atoms with E-state index in [1.807, 2.05) is 0 Å². The second-order valence-corrected chi connectivity index (χ2v) is 4.07. The number of benzene rings is 1. The highest BCUT2D eigenvalue weighted by atomic mass is 19.1. The van der Waals surface area contributed by atoms with E-state index < -0.39 is 5.60 Å². The Morgan fingerprint density at radius 1 is 1.50 bits per heavy atom. The Balaban J connectivity index is 2.08. The maximum absolute atomic E-state index is 13.2. The van der Waals surface area contributed by atoms with E-state index in [0.29, 0.717) is 5.69 Å². The molecule has 0 radical (unpaired) electrons. The van der Waals surface area contributed by atoms with Gasteiger partial charge in [0.1, 0.15) is 5.82 Å². The summed E-state index contributed by atoms with van der Waals surface area (Å²) in [5.41, 5.74) is -0.222. The molecular formula is C11H14FNO. The minimum atomic E-state index is -0.692. The first-order valence-electron chi connectivity index (χ1n) is 4.83. The van der Waals surface area contributed by atoms with Crippen LogP contribution < -0.4 is 5.32 Å². The van der Waals surface area contributed by atoms with E-state index in [1.165, 1.54) is 6.07 Å². The zero-order valence-electron chi connectivity index (χ0n) is 8.13. The first-order chi connectivity index (χ1) is 6.59. The molecule has 1 aliphatic carbocycles. The predicted octanol–water partition coefficient (Wildman–Crippen LogP) is 2.15. The van der Waals surface area contributed by atoms with Gasteiger partial charge in [-0.05, 0) is 31.9 Å². The van der Waals surface area contributed by atoms with Crippen LogP contribution in [0.5, 0.6) is 0 Å². The lowest BCUT2D eigenvalue weighted by Crippen LogP contribution is -2.53. The van der Waals surface area contributed by atoms with E-state index in [-0.39, 0.29) is 11.9 Å². The summed E-state index contributed by atoms with van der Waals surface area (Å²) in [4.78, 5) is 0. The molecule has 0 aliphatic heterocycles. The molecule has 1 fully saturated rings. The van der Waals surface area contributed by atoms with Crippen molar-refractivity contribution >= 4 is 5.69 Å². The van der Waals surface area contributed by atoms with Crippen LogP contribution in [0.2, 0.25) is 0 Å². The quantitative estimate of drug-likeness (QED) is 0.757. The molecule has 2 atom stereocenters. The Labute approximate surface area is 82.8 Å². The van der Waals surface area contributed by atoms with Crippen LogP contribution in [0.4, 0.5) is 10.1 Å². The fourth-order valence-corrected chi connectivity index (χ4v) is 1.70.